The molecule has 1 aromatic carbocycles. The van der Waals surface area contributed by atoms with Crippen molar-refractivity contribution in [2.45, 2.75) is 6.42 Å². The highest BCUT2D eigenvalue weighted by molar-refractivity contribution is 5.65. The topological polar surface area (TPSA) is 12.5 Å². The van der Waals surface area contributed by atoms with Gasteiger partial charge in [-0.1, -0.05) is 49.1 Å². The van der Waals surface area contributed by atoms with E-state index in [1.165, 1.54) is 11.1 Å². The van der Waals surface area contributed by atoms with Gasteiger partial charge >= 0.3 is 0 Å². The maximum absolute atomic E-state index is 5.34. The van der Waals surface area contributed by atoms with Crippen LogP contribution in [0.25, 0.3) is 5.57 Å². The fourth-order valence-electron chi connectivity index (χ4n) is 2.21. The molecule has 0 amide bonds. The molecule has 2 nitrogen and oxygen atoms in total. The van der Waals surface area contributed by atoms with Crippen LogP contribution in [0.1, 0.15) is 12.0 Å². The molecule has 96 valence electrons. The minimum absolute atomic E-state index is 0.840. The summed E-state index contributed by atoms with van der Waals surface area (Å²) in [6.07, 6.45) is 0.876. The van der Waals surface area contributed by atoms with E-state index in [4.69, 9.17) is 4.74 Å². The van der Waals surface area contributed by atoms with Gasteiger partial charge in [0.25, 0.3) is 0 Å². The van der Waals surface area contributed by atoms with Gasteiger partial charge in [0, 0.05) is 19.6 Å². The predicted molar refractivity (Wildman–Crippen MR) is 76.5 cm³/mol. The highest BCUT2D eigenvalue weighted by atomic mass is 16.5. The quantitative estimate of drug-likeness (QED) is 0.737. The van der Waals surface area contributed by atoms with Crippen LogP contribution in [0.2, 0.25) is 0 Å². The van der Waals surface area contributed by atoms with E-state index in [1.54, 1.807) is 0 Å². The normalized spacial score (nSPS) is 16.4. The second-order valence-corrected chi connectivity index (χ2v) is 4.78. The Bertz CT molecular complexity index is 404. The van der Waals surface area contributed by atoms with Crippen LogP contribution in [-0.4, -0.2) is 37.7 Å². The van der Waals surface area contributed by atoms with E-state index in [1.807, 2.05) is 18.2 Å². The number of morpholine rings is 1. The number of rotatable bonds is 5. The number of benzene rings is 1. The van der Waals surface area contributed by atoms with Gasteiger partial charge in [0.1, 0.15) is 0 Å². The molecule has 18 heavy (non-hydrogen) atoms. The molecule has 0 radical (unpaired) electrons. The lowest BCUT2D eigenvalue weighted by molar-refractivity contribution is 0.0422. The number of allylic oxidation sites excluding steroid dienone is 1. The first kappa shape index (κ1) is 13.1. The van der Waals surface area contributed by atoms with Gasteiger partial charge in [-0.05, 0) is 17.6 Å². The van der Waals surface area contributed by atoms with Crippen LogP contribution in [0.15, 0.2) is 49.1 Å². The molecule has 2 heteroatoms. The molecule has 0 N–H and O–H groups in total. The van der Waals surface area contributed by atoms with E-state index >= 15 is 0 Å². The van der Waals surface area contributed by atoms with Crippen molar-refractivity contribution >= 4 is 5.57 Å². The Morgan fingerprint density at radius 3 is 2.44 bits per heavy atom. The monoisotopic (exact) mass is 243 g/mol. The van der Waals surface area contributed by atoms with Gasteiger partial charge in [-0.25, -0.2) is 0 Å². The second-order valence-electron chi connectivity index (χ2n) is 4.78. The lowest BCUT2D eigenvalue weighted by Gasteiger charge is -2.27. The molecule has 0 unspecified atom stereocenters. The predicted octanol–water partition coefficient (Wildman–Crippen LogP) is 2.98. The lowest BCUT2D eigenvalue weighted by atomic mass is 10.0. The summed E-state index contributed by atoms with van der Waals surface area (Å²) in [5.41, 5.74) is 3.58. The first-order chi connectivity index (χ1) is 8.75. The van der Waals surface area contributed by atoms with E-state index in [2.05, 4.69) is 30.2 Å². The van der Waals surface area contributed by atoms with E-state index < -0.39 is 0 Å². The zero-order valence-electron chi connectivity index (χ0n) is 10.9. The highest BCUT2D eigenvalue weighted by Gasteiger charge is 2.11. The first-order valence-corrected chi connectivity index (χ1v) is 6.45. The fourth-order valence-corrected chi connectivity index (χ4v) is 2.21. The largest absolute Gasteiger partial charge is 0.379 e. The van der Waals surface area contributed by atoms with Crippen molar-refractivity contribution in [3.8, 4) is 0 Å². The first-order valence-electron chi connectivity index (χ1n) is 6.45. The molecule has 0 bridgehead atoms. The Morgan fingerprint density at radius 1 is 1.11 bits per heavy atom. The molecule has 0 spiro atoms. The van der Waals surface area contributed by atoms with Crippen molar-refractivity contribution in [1.29, 1.82) is 0 Å². The Kier molecular flexibility index (Phi) is 4.73. The van der Waals surface area contributed by atoms with Crippen molar-refractivity contribution < 1.29 is 4.74 Å². The standard InChI is InChI=1S/C16H21NO/c1-14(13-17-8-10-18-11-9-17)12-15(2)16-6-4-3-5-7-16/h3-7H,1-2,8-13H2. The van der Waals surface area contributed by atoms with Crippen LogP contribution in [0.4, 0.5) is 0 Å². The van der Waals surface area contributed by atoms with Gasteiger partial charge in [0.15, 0.2) is 0 Å². The van der Waals surface area contributed by atoms with Crippen LogP contribution >= 0.6 is 0 Å². The molecule has 1 heterocycles. The van der Waals surface area contributed by atoms with Gasteiger partial charge in [0.2, 0.25) is 0 Å². The van der Waals surface area contributed by atoms with E-state index in [9.17, 15) is 0 Å². The molecule has 1 aliphatic heterocycles. The van der Waals surface area contributed by atoms with Gasteiger partial charge in [-0.15, -0.1) is 0 Å². The maximum atomic E-state index is 5.34. The SMILES string of the molecule is C=C(CC(=C)c1ccccc1)CN1CCOCC1. The van der Waals surface area contributed by atoms with Crippen molar-refractivity contribution in [2.24, 2.45) is 0 Å². The highest BCUT2D eigenvalue weighted by Crippen LogP contribution is 2.20. The van der Waals surface area contributed by atoms with Crippen LogP contribution in [0.3, 0.4) is 0 Å². The Morgan fingerprint density at radius 2 is 1.78 bits per heavy atom. The number of ether oxygens (including phenoxy) is 1. The summed E-state index contributed by atoms with van der Waals surface area (Å²) in [5.74, 6) is 0. The number of hydrogen-bond acceptors (Lipinski definition) is 2. The average molecular weight is 243 g/mol. The van der Waals surface area contributed by atoms with Crippen LogP contribution in [-0.2, 0) is 4.74 Å². The second kappa shape index (κ2) is 6.53. The van der Waals surface area contributed by atoms with Gasteiger partial charge in [0.05, 0.1) is 13.2 Å². The molecule has 0 atom stereocenters. The fraction of sp³-hybridized carbons (Fsp3) is 0.375. The third kappa shape index (κ3) is 3.83. The Hall–Kier alpha value is -1.38. The van der Waals surface area contributed by atoms with Crippen molar-refractivity contribution in [2.75, 3.05) is 32.8 Å². The molecule has 1 aliphatic rings. The van der Waals surface area contributed by atoms with Crippen molar-refractivity contribution in [1.82, 2.24) is 4.90 Å². The molecule has 0 saturated carbocycles. The number of hydrogen-bond donors (Lipinski definition) is 0. The molecule has 1 aromatic rings. The van der Waals surface area contributed by atoms with Crippen molar-refractivity contribution in [3.05, 3.63) is 54.6 Å². The van der Waals surface area contributed by atoms with Crippen LogP contribution < -0.4 is 0 Å². The molecule has 0 aliphatic carbocycles. The zero-order valence-corrected chi connectivity index (χ0v) is 10.9. The summed E-state index contributed by atoms with van der Waals surface area (Å²) in [7, 11) is 0. The van der Waals surface area contributed by atoms with Gasteiger partial charge < -0.3 is 4.74 Å². The summed E-state index contributed by atoms with van der Waals surface area (Å²) in [6.45, 7) is 13.0. The van der Waals surface area contributed by atoms with E-state index in [-0.39, 0.29) is 0 Å². The Balaban J connectivity index is 1.82. The van der Waals surface area contributed by atoms with Gasteiger partial charge in [-0.2, -0.15) is 0 Å². The summed E-state index contributed by atoms with van der Waals surface area (Å²) >= 11 is 0. The van der Waals surface area contributed by atoms with Gasteiger partial charge in [-0.3, -0.25) is 4.90 Å². The van der Waals surface area contributed by atoms with Crippen LogP contribution in [0.5, 0.6) is 0 Å². The minimum Gasteiger partial charge on any atom is -0.379 e. The molecular formula is C16H21NO. The summed E-state index contributed by atoms with van der Waals surface area (Å²) in [6, 6.07) is 10.3. The third-order valence-corrected chi connectivity index (χ3v) is 3.20. The Labute approximate surface area is 110 Å². The average Bonchev–Trinajstić information content (AvgIpc) is 2.40. The number of nitrogens with zero attached hydrogens (tertiary/aromatic N) is 1. The van der Waals surface area contributed by atoms with E-state index in [0.717, 1.165) is 44.8 Å². The molecular weight excluding hydrogens is 222 g/mol. The molecule has 0 aromatic heterocycles. The van der Waals surface area contributed by atoms with Crippen molar-refractivity contribution in [3.63, 3.8) is 0 Å². The zero-order chi connectivity index (χ0) is 12.8. The van der Waals surface area contributed by atoms with E-state index in [0.29, 0.717) is 0 Å². The summed E-state index contributed by atoms with van der Waals surface area (Å²) < 4.78 is 5.34. The molecule has 2 rings (SSSR count). The molecule has 1 saturated heterocycles. The lowest BCUT2D eigenvalue weighted by Crippen LogP contribution is -2.37. The smallest absolute Gasteiger partial charge is 0.0594 e. The maximum Gasteiger partial charge on any atom is 0.0594 e. The summed E-state index contributed by atoms with van der Waals surface area (Å²) in [4.78, 5) is 2.39. The van der Waals surface area contributed by atoms with Crippen LogP contribution in [0, 0.1) is 0 Å². The third-order valence-electron chi connectivity index (χ3n) is 3.20. The molecule has 1 fully saturated rings. The summed E-state index contributed by atoms with van der Waals surface area (Å²) in [5, 5.41) is 0. The minimum atomic E-state index is 0.840.